The first kappa shape index (κ1) is 20.2. The summed E-state index contributed by atoms with van der Waals surface area (Å²) in [5.41, 5.74) is 1.42. The van der Waals surface area contributed by atoms with Crippen molar-refractivity contribution in [2.45, 2.75) is 20.4 Å². The Morgan fingerprint density at radius 2 is 1.76 bits per heavy atom. The van der Waals surface area contributed by atoms with Gasteiger partial charge in [-0.05, 0) is 26.0 Å². The first-order valence-corrected chi connectivity index (χ1v) is 9.05. The lowest BCUT2D eigenvalue weighted by molar-refractivity contribution is 0.102. The van der Waals surface area contributed by atoms with E-state index in [9.17, 15) is 9.59 Å². The summed E-state index contributed by atoms with van der Waals surface area (Å²) in [5, 5.41) is 3.14. The molecule has 2 aromatic heterocycles. The molecule has 29 heavy (non-hydrogen) atoms. The average Bonchev–Trinajstić information content (AvgIpc) is 2.73. The molecule has 8 heteroatoms. The Labute approximate surface area is 168 Å². The summed E-state index contributed by atoms with van der Waals surface area (Å²) >= 11 is 0. The van der Waals surface area contributed by atoms with E-state index >= 15 is 0 Å². The molecule has 1 amide bonds. The van der Waals surface area contributed by atoms with Gasteiger partial charge in [-0.3, -0.25) is 9.59 Å². The number of fused-ring (bicyclic) bond motifs is 1. The van der Waals surface area contributed by atoms with Gasteiger partial charge in [0.05, 0.1) is 26.7 Å². The van der Waals surface area contributed by atoms with Crippen LogP contribution >= 0.6 is 0 Å². The van der Waals surface area contributed by atoms with Crippen molar-refractivity contribution in [1.29, 1.82) is 0 Å². The zero-order valence-corrected chi connectivity index (χ0v) is 17.0. The summed E-state index contributed by atoms with van der Waals surface area (Å²) in [6.45, 7) is 4.35. The number of nitrogens with one attached hydrogen (secondary N) is 1. The van der Waals surface area contributed by atoms with Gasteiger partial charge < -0.3 is 24.1 Å². The van der Waals surface area contributed by atoms with Crippen LogP contribution in [0, 0.1) is 6.92 Å². The van der Waals surface area contributed by atoms with Gasteiger partial charge in [-0.15, -0.1) is 0 Å². The van der Waals surface area contributed by atoms with E-state index in [1.807, 2.05) is 13.8 Å². The van der Waals surface area contributed by atoms with Crippen molar-refractivity contribution >= 4 is 22.6 Å². The molecule has 0 atom stereocenters. The smallest absolute Gasteiger partial charge is 0.261 e. The molecule has 2 heterocycles. The van der Waals surface area contributed by atoms with Crippen molar-refractivity contribution < 1.29 is 19.0 Å². The van der Waals surface area contributed by atoms with E-state index in [1.165, 1.54) is 27.5 Å². The lowest BCUT2D eigenvalue weighted by Crippen LogP contribution is -2.24. The second-order valence-corrected chi connectivity index (χ2v) is 6.35. The number of pyridine rings is 2. The number of nitrogens with zero attached hydrogens (tertiary/aromatic N) is 2. The molecular weight excluding hydrogens is 374 g/mol. The lowest BCUT2D eigenvalue weighted by atomic mass is 10.1. The Hall–Kier alpha value is -3.55. The summed E-state index contributed by atoms with van der Waals surface area (Å²) in [7, 11) is 4.47. The molecule has 3 aromatic rings. The molecule has 0 bridgehead atoms. The molecule has 0 unspecified atom stereocenters. The van der Waals surface area contributed by atoms with Crippen LogP contribution in [0.4, 0.5) is 5.69 Å². The molecule has 0 radical (unpaired) electrons. The molecule has 0 fully saturated rings. The molecule has 0 saturated heterocycles. The minimum Gasteiger partial charge on any atom is -0.493 e. The highest BCUT2D eigenvalue weighted by Gasteiger charge is 2.19. The maximum atomic E-state index is 12.9. The van der Waals surface area contributed by atoms with E-state index in [2.05, 4.69) is 10.3 Å². The second kappa shape index (κ2) is 8.22. The van der Waals surface area contributed by atoms with Gasteiger partial charge >= 0.3 is 0 Å². The average molecular weight is 397 g/mol. The fourth-order valence-corrected chi connectivity index (χ4v) is 3.11. The van der Waals surface area contributed by atoms with Crippen molar-refractivity contribution in [1.82, 2.24) is 9.55 Å². The SMILES string of the molecule is CCn1cc(C(=O)Nc2cc(OC)c(OC)c(OC)c2)c(=O)c2ccc(C)nc21. The van der Waals surface area contributed by atoms with Gasteiger partial charge in [0.1, 0.15) is 11.2 Å². The van der Waals surface area contributed by atoms with Gasteiger partial charge in [-0.2, -0.15) is 0 Å². The van der Waals surface area contributed by atoms with Crippen LogP contribution in [0.3, 0.4) is 0 Å². The number of carbonyl (C=O) groups is 1. The van der Waals surface area contributed by atoms with E-state index in [0.29, 0.717) is 40.5 Å². The van der Waals surface area contributed by atoms with Crippen LogP contribution in [0.2, 0.25) is 0 Å². The molecule has 0 saturated carbocycles. The minimum absolute atomic E-state index is 0.0266. The predicted octanol–water partition coefficient (Wildman–Crippen LogP) is 3.00. The van der Waals surface area contributed by atoms with Crippen LogP contribution in [0.5, 0.6) is 17.2 Å². The predicted molar refractivity (Wildman–Crippen MR) is 110 cm³/mol. The van der Waals surface area contributed by atoms with Crippen LogP contribution in [-0.2, 0) is 6.54 Å². The summed E-state index contributed by atoms with van der Waals surface area (Å²) in [5.74, 6) is 0.667. The van der Waals surface area contributed by atoms with Crippen molar-refractivity contribution in [3.63, 3.8) is 0 Å². The maximum absolute atomic E-state index is 12.9. The van der Waals surface area contributed by atoms with Crippen molar-refractivity contribution in [3.8, 4) is 17.2 Å². The summed E-state index contributed by atoms with van der Waals surface area (Å²) in [6, 6.07) is 6.65. The highest BCUT2D eigenvalue weighted by Crippen LogP contribution is 2.40. The standard InChI is InChI=1S/C21H23N3O5/c1-6-24-11-15(18(25)14-8-7-12(2)22-20(14)24)21(26)23-13-9-16(27-3)19(29-5)17(10-13)28-4/h7-11H,6H2,1-5H3,(H,23,26). The Bertz CT molecular complexity index is 1110. The molecule has 1 N–H and O–H groups in total. The topological polar surface area (TPSA) is 91.7 Å². The van der Waals surface area contributed by atoms with E-state index in [0.717, 1.165) is 5.69 Å². The number of carbonyl (C=O) groups excluding carboxylic acids is 1. The maximum Gasteiger partial charge on any atom is 0.261 e. The largest absolute Gasteiger partial charge is 0.493 e. The number of amides is 1. The van der Waals surface area contributed by atoms with Gasteiger partial charge in [-0.25, -0.2) is 4.98 Å². The summed E-state index contributed by atoms with van der Waals surface area (Å²) < 4.78 is 17.7. The van der Waals surface area contributed by atoms with Crippen LogP contribution in [0.1, 0.15) is 23.0 Å². The number of aromatic nitrogens is 2. The van der Waals surface area contributed by atoms with Crippen LogP contribution < -0.4 is 25.0 Å². The minimum atomic E-state index is -0.533. The number of aryl methyl sites for hydroxylation is 2. The number of rotatable bonds is 6. The molecule has 0 spiro atoms. The molecule has 8 nitrogen and oxygen atoms in total. The quantitative estimate of drug-likeness (QED) is 0.688. The Balaban J connectivity index is 2.06. The number of benzene rings is 1. The molecule has 1 aromatic carbocycles. The van der Waals surface area contributed by atoms with E-state index in [-0.39, 0.29) is 11.0 Å². The lowest BCUT2D eigenvalue weighted by Gasteiger charge is -2.15. The van der Waals surface area contributed by atoms with Crippen molar-refractivity contribution in [2.75, 3.05) is 26.6 Å². The van der Waals surface area contributed by atoms with Crippen LogP contribution in [-0.4, -0.2) is 36.8 Å². The number of methoxy groups -OCH3 is 3. The second-order valence-electron chi connectivity index (χ2n) is 6.35. The van der Waals surface area contributed by atoms with Crippen LogP contribution in [0.25, 0.3) is 11.0 Å². The Morgan fingerprint density at radius 3 is 2.31 bits per heavy atom. The van der Waals surface area contributed by atoms with Gasteiger partial charge in [0.25, 0.3) is 5.91 Å². The molecule has 3 rings (SSSR count). The van der Waals surface area contributed by atoms with E-state index in [4.69, 9.17) is 14.2 Å². The summed E-state index contributed by atoms with van der Waals surface area (Å²) in [4.78, 5) is 30.3. The fourth-order valence-electron chi connectivity index (χ4n) is 3.11. The van der Waals surface area contributed by atoms with Gasteiger partial charge in [-0.1, -0.05) is 0 Å². The zero-order chi connectivity index (χ0) is 21.1. The van der Waals surface area contributed by atoms with Crippen LogP contribution in [0.15, 0.2) is 35.3 Å². The zero-order valence-electron chi connectivity index (χ0n) is 17.0. The number of hydrogen-bond acceptors (Lipinski definition) is 6. The molecule has 0 aliphatic heterocycles. The third-order valence-electron chi connectivity index (χ3n) is 4.57. The Kier molecular flexibility index (Phi) is 5.72. The first-order chi connectivity index (χ1) is 13.9. The molecule has 0 aliphatic rings. The summed E-state index contributed by atoms with van der Waals surface area (Å²) in [6.07, 6.45) is 1.53. The highest BCUT2D eigenvalue weighted by molar-refractivity contribution is 6.05. The number of hydrogen-bond donors (Lipinski definition) is 1. The monoisotopic (exact) mass is 397 g/mol. The fraction of sp³-hybridized carbons (Fsp3) is 0.286. The van der Waals surface area contributed by atoms with E-state index in [1.54, 1.807) is 28.8 Å². The van der Waals surface area contributed by atoms with Crippen molar-refractivity contribution in [2.24, 2.45) is 0 Å². The van der Waals surface area contributed by atoms with Gasteiger partial charge in [0, 0.05) is 36.3 Å². The highest BCUT2D eigenvalue weighted by atomic mass is 16.5. The third-order valence-corrected chi connectivity index (χ3v) is 4.57. The van der Waals surface area contributed by atoms with Crippen molar-refractivity contribution in [3.05, 3.63) is 51.9 Å². The number of ether oxygens (including phenoxy) is 3. The van der Waals surface area contributed by atoms with Gasteiger partial charge in [0.2, 0.25) is 11.2 Å². The molecular formula is C21H23N3O5. The molecule has 0 aliphatic carbocycles. The molecule has 152 valence electrons. The Morgan fingerprint density at radius 1 is 1.10 bits per heavy atom. The van der Waals surface area contributed by atoms with E-state index < -0.39 is 5.91 Å². The first-order valence-electron chi connectivity index (χ1n) is 9.05. The third kappa shape index (κ3) is 3.73. The number of anilines is 1. The normalized spacial score (nSPS) is 10.7. The van der Waals surface area contributed by atoms with Gasteiger partial charge in [0.15, 0.2) is 11.5 Å².